The van der Waals surface area contributed by atoms with Crippen LogP contribution in [0.5, 0.6) is 0 Å². The summed E-state index contributed by atoms with van der Waals surface area (Å²) in [6.07, 6.45) is 3.30. The monoisotopic (exact) mass is 336 g/mol. The maximum atomic E-state index is 13.0. The van der Waals surface area contributed by atoms with Crippen LogP contribution in [0.25, 0.3) is 0 Å². The second kappa shape index (κ2) is 7.59. The summed E-state index contributed by atoms with van der Waals surface area (Å²) < 4.78 is 18.5. The summed E-state index contributed by atoms with van der Waals surface area (Å²) in [5.74, 6) is -0.305. The van der Waals surface area contributed by atoms with Gasteiger partial charge in [-0.25, -0.2) is 4.39 Å². The average Bonchev–Trinajstić information content (AvgIpc) is 3.09. The first-order valence-corrected chi connectivity index (χ1v) is 8.64. The summed E-state index contributed by atoms with van der Waals surface area (Å²) in [5.41, 5.74) is -0.190. The summed E-state index contributed by atoms with van der Waals surface area (Å²) >= 11 is 0. The molecule has 6 heteroatoms. The van der Waals surface area contributed by atoms with Gasteiger partial charge >= 0.3 is 0 Å². The second-order valence-electron chi connectivity index (χ2n) is 6.75. The molecule has 0 aliphatic carbocycles. The fraction of sp³-hybridized carbons (Fsp3) is 0.611. The lowest BCUT2D eigenvalue weighted by atomic mass is 9.84. The van der Waals surface area contributed by atoms with Crippen molar-refractivity contribution in [2.45, 2.75) is 37.4 Å². The highest BCUT2D eigenvalue weighted by Crippen LogP contribution is 2.32. The molecule has 24 heavy (non-hydrogen) atoms. The minimum atomic E-state index is -0.932. The number of carbonyl (C=O) groups is 1. The Morgan fingerprint density at radius 1 is 1.33 bits per heavy atom. The number of carbonyl (C=O) groups excluding carboxylic acids is 1. The van der Waals surface area contributed by atoms with Crippen LogP contribution in [-0.4, -0.2) is 54.8 Å². The first kappa shape index (κ1) is 17.3. The number of nitrogens with one attached hydrogen (secondary N) is 1. The molecule has 1 atom stereocenters. The summed E-state index contributed by atoms with van der Waals surface area (Å²) in [7, 11) is 0. The number of amides is 1. The van der Waals surface area contributed by atoms with Crippen molar-refractivity contribution < 1.29 is 19.0 Å². The van der Waals surface area contributed by atoms with Crippen LogP contribution < -0.4 is 5.32 Å². The zero-order valence-corrected chi connectivity index (χ0v) is 13.8. The van der Waals surface area contributed by atoms with Gasteiger partial charge in [0.2, 0.25) is 5.91 Å². The van der Waals surface area contributed by atoms with Crippen LogP contribution in [0.3, 0.4) is 0 Å². The lowest BCUT2D eigenvalue weighted by Gasteiger charge is -2.38. The lowest BCUT2D eigenvalue weighted by molar-refractivity contribution is -0.124. The molecular weight excluding hydrogens is 311 g/mol. The molecule has 2 saturated heterocycles. The Hall–Kier alpha value is -1.50. The molecule has 1 aromatic carbocycles. The van der Waals surface area contributed by atoms with Crippen LogP contribution in [0, 0.1) is 5.82 Å². The number of nitrogens with zero attached hydrogens (tertiary/aromatic N) is 1. The Bertz CT molecular complexity index is 550. The first-order valence-electron chi connectivity index (χ1n) is 8.64. The van der Waals surface area contributed by atoms with Crippen molar-refractivity contribution >= 4 is 5.91 Å². The van der Waals surface area contributed by atoms with Crippen molar-refractivity contribution in [3.8, 4) is 0 Å². The van der Waals surface area contributed by atoms with Gasteiger partial charge in [-0.1, -0.05) is 12.1 Å². The summed E-state index contributed by atoms with van der Waals surface area (Å²) in [6, 6.07) is 6.02. The standard InChI is InChI=1S/C18H25FN2O3/c19-15-5-3-14(4-6-15)18(23)7-9-21(10-8-18)13-17(22)20-12-16-2-1-11-24-16/h3-6,16,23H,1-2,7-13H2,(H,20,22)/t16-/m0/s1. The molecule has 1 amide bonds. The van der Waals surface area contributed by atoms with E-state index in [4.69, 9.17) is 4.74 Å². The number of halogens is 1. The van der Waals surface area contributed by atoms with Gasteiger partial charge in [0.05, 0.1) is 18.2 Å². The van der Waals surface area contributed by atoms with Crippen LogP contribution in [0.4, 0.5) is 4.39 Å². The molecule has 2 aliphatic rings. The highest BCUT2D eigenvalue weighted by atomic mass is 19.1. The zero-order valence-electron chi connectivity index (χ0n) is 13.8. The molecule has 0 spiro atoms. The molecule has 1 aromatic rings. The van der Waals surface area contributed by atoms with Gasteiger partial charge < -0.3 is 15.2 Å². The van der Waals surface area contributed by atoms with E-state index in [0.717, 1.165) is 25.0 Å². The predicted molar refractivity (Wildman–Crippen MR) is 88.0 cm³/mol. The minimum Gasteiger partial charge on any atom is -0.385 e. The maximum absolute atomic E-state index is 13.0. The Kier molecular flexibility index (Phi) is 5.48. The van der Waals surface area contributed by atoms with Gasteiger partial charge in [0.15, 0.2) is 0 Å². The quantitative estimate of drug-likeness (QED) is 0.853. The van der Waals surface area contributed by atoms with Crippen LogP contribution in [0.1, 0.15) is 31.2 Å². The number of aliphatic hydroxyl groups is 1. The first-order chi connectivity index (χ1) is 11.5. The van der Waals surface area contributed by atoms with E-state index in [0.29, 0.717) is 39.0 Å². The Morgan fingerprint density at radius 3 is 2.67 bits per heavy atom. The van der Waals surface area contributed by atoms with Crippen LogP contribution in [0.2, 0.25) is 0 Å². The lowest BCUT2D eigenvalue weighted by Crippen LogP contribution is -2.47. The zero-order chi connectivity index (χ0) is 17.0. The Balaban J connectivity index is 1.44. The second-order valence-corrected chi connectivity index (χ2v) is 6.75. The van der Waals surface area contributed by atoms with Crippen molar-refractivity contribution in [1.82, 2.24) is 10.2 Å². The molecule has 0 saturated carbocycles. The van der Waals surface area contributed by atoms with Gasteiger partial charge in [0.25, 0.3) is 0 Å². The molecule has 2 heterocycles. The van der Waals surface area contributed by atoms with Crippen LogP contribution in [-0.2, 0) is 15.1 Å². The van der Waals surface area contributed by atoms with E-state index in [9.17, 15) is 14.3 Å². The van der Waals surface area contributed by atoms with E-state index < -0.39 is 5.60 Å². The maximum Gasteiger partial charge on any atom is 0.234 e. The minimum absolute atomic E-state index is 0.00211. The normalized spacial score (nSPS) is 24.0. The van der Waals surface area contributed by atoms with Crippen LogP contribution in [0.15, 0.2) is 24.3 Å². The van der Waals surface area contributed by atoms with Gasteiger partial charge in [-0.2, -0.15) is 0 Å². The number of hydrogen-bond donors (Lipinski definition) is 2. The molecule has 5 nitrogen and oxygen atoms in total. The third-order valence-electron chi connectivity index (χ3n) is 4.98. The van der Waals surface area contributed by atoms with Gasteiger partial charge in [0, 0.05) is 26.2 Å². The number of rotatable bonds is 5. The molecule has 132 valence electrons. The van der Waals surface area contributed by atoms with Crippen LogP contribution >= 0.6 is 0 Å². The van der Waals surface area contributed by atoms with E-state index in [1.807, 2.05) is 4.90 Å². The third-order valence-corrected chi connectivity index (χ3v) is 4.98. The Labute approximate surface area is 141 Å². The number of benzene rings is 1. The van der Waals surface area contributed by atoms with Crippen molar-refractivity contribution in [3.63, 3.8) is 0 Å². The topological polar surface area (TPSA) is 61.8 Å². The van der Waals surface area contributed by atoms with Crippen molar-refractivity contribution in [1.29, 1.82) is 0 Å². The summed E-state index contributed by atoms with van der Waals surface area (Å²) in [6.45, 7) is 2.98. The number of likely N-dealkylation sites (tertiary alicyclic amines) is 1. The molecule has 0 aromatic heterocycles. The molecule has 0 radical (unpaired) electrons. The van der Waals surface area contributed by atoms with Crippen molar-refractivity contribution in [2.24, 2.45) is 0 Å². The highest BCUT2D eigenvalue weighted by Gasteiger charge is 2.34. The SMILES string of the molecule is O=C(CN1CCC(O)(c2ccc(F)cc2)CC1)NC[C@@H]1CCCO1. The molecule has 0 bridgehead atoms. The van der Waals surface area contributed by atoms with Gasteiger partial charge in [-0.05, 0) is 43.4 Å². The third kappa shape index (κ3) is 4.32. The fourth-order valence-corrected chi connectivity index (χ4v) is 3.42. The molecule has 2 N–H and O–H groups in total. The molecular formula is C18H25FN2O3. The smallest absolute Gasteiger partial charge is 0.234 e. The van der Waals surface area contributed by atoms with Gasteiger partial charge in [-0.3, -0.25) is 9.69 Å². The largest absolute Gasteiger partial charge is 0.385 e. The van der Waals surface area contributed by atoms with E-state index in [1.165, 1.54) is 12.1 Å². The average molecular weight is 336 g/mol. The molecule has 0 unspecified atom stereocenters. The van der Waals surface area contributed by atoms with E-state index in [1.54, 1.807) is 12.1 Å². The molecule has 3 rings (SSSR count). The summed E-state index contributed by atoms with van der Waals surface area (Å²) in [5, 5.41) is 13.7. The van der Waals surface area contributed by atoms with Crippen molar-refractivity contribution in [2.75, 3.05) is 32.8 Å². The number of ether oxygens (including phenoxy) is 1. The predicted octanol–water partition coefficient (Wildman–Crippen LogP) is 1.40. The molecule has 2 fully saturated rings. The van der Waals surface area contributed by atoms with Gasteiger partial charge in [0.1, 0.15) is 5.82 Å². The number of piperidine rings is 1. The highest BCUT2D eigenvalue weighted by molar-refractivity contribution is 5.78. The van der Waals surface area contributed by atoms with E-state index >= 15 is 0 Å². The van der Waals surface area contributed by atoms with Crippen molar-refractivity contribution in [3.05, 3.63) is 35.6 Å². The fourth-order valence-electron chi connectivity index (χ4n) is 3.42. The van der Waals surface area contributed by atoms with E-state index in [2.05, 4.69) is 5.32 Å². The van der Waals surface area contributed by atoms with Gasteiger partial charge in [-0.15, -0.1) is 0 Å². The Morgan fingerprint density at radius 2 is 2.04 bits per heavy atom. The number of hydrogen-bond acceptors (Lipinski definition) is 4. The molecule has 2 aliphatic heterocycles. The summed E-state index contributed by atoms with van der Waals surface area (Å²) in [4.78, 5) is 14.1. The van der Waals surface area contributed by atoms with E-state index in [-0.39, 0.29) is 17.8 Å².